The first kappa shape index (κ1) is 21.0. The molecule has 0 radical (unpaired) electrons. The first-order chi connectivity index (χ1) is 16.1. The summed E-state index contributed by atoms with van der Waals surface area (Å²) in [4.78, 5) is 34.3. The summed E-state index contributed by atoms with van der Waals surface area (Å²) in [5.41, 5.74) is 2.01. The van der Waals surface area contributed by atoms with Crippen LogP contribution in [0.2, 0.25) is 0 Å². The number of phenolic OH excluding ortho intramolecular Hbond substituents is 1. The standard InChI is InChI=1S/C26H24N2O5/c1-2-16-32-21-14-10-18(11-15-21)27-25(30)22-23(17-8-12-20(29)13-9-17)28(33-24(22)26(27)31)19-6-4-3-5-7-19/h3-15,22-24,29H,2,16H2,1H3/t22-,23-,24+/m0/s1. The molecule has 0 aromatic heterocycles. The molecule has 0 aliphatic carbocycles. The normalized spacial score (nSPS) is 22.0. The van der Waals surface area contributed by atoms with E-state index in [2.05, 4.69) is 0 Å². The highest BCUT2D eigenvalue weighted by molar-refractivity contribution is 6.23. The van der Waals surface area contributed by atoms with Crippen LogP contribution in [-0.4, -0.2) is 29.6 Å². The summed E-state index contributed by atoms with van der Waals surface area (Å²) < 4.78 is 5.61. The number of fused-ring (bicyclic) bond motifs is 1. The molecule has 2 fully saturated rings. The molecule has 3 aromatic rings. The van der Waals surface area contributed by atoms with E-state index >= 15 is 0 Å². The molecule has 2 aliphatic heterocycles. The number of carbonyl (C=O) groups is 2. The SMILES string of the molecule is CCCOc1ccc(N2C(=O)[C@@H]3[C@@H](ON(c4ccccc4)[C@H]3c3ccc(O)cc3)C2=O)cc1. The van der Waals surface area contributed by atoms with E-state index < -0.39 is 24.0 Å². The Balaban J connectivity index is 1.49. The number of para-hydroxylation sites is 1. The van der Waals surface area contributed by atoms with Gasteiger partial charge in [0.25, 0.3) is 5.91 Å². The number of benzene rings is 3. The van der Waals surface area contributed by atoms with Gasteiger partial charge in [0.15, 0.2) is 6.10 Å². The number of phenols is 1. The third kappa shape index (κ3) is 3.70. The van der Waals surface area contributed by atoms with Crippen LogP contribution < -0.4 is 14.7 Å². The number of hydrogen-bond donors (Lipinski definition) is 1. The first-order valence-corrected chi connectivity index (χ1v) is 11.0. The van der Waals surface area contributed by atoms with Crippen molar-refractivity contribution in [2.75, 3.05) is 16.6 Å². The molecule has 2 amide bonds. The maximum Gasteiger partial charge on any atom is 0.266 e. The van der Waals surface area contributed by atoms with Gasteiger partial charge in [-0.05, 0) is 60.5 Å². The van der Waals surface area contributed by atoms with Crippen LogP contribution in [0.1, 0.15) is 24.9 Å². The Kier molecular flexibility index (Phi) is 5.48. The zero-order valence-electron chi connectivity index (χ0n) is 18.1. The van der Waals surface area contributed by atoms with Crippen LogP contribution in [0.3, 0.4) is 0 Å². The molecule has 3 atom stereocenters. The average molecular weight is 444 g/mol. The van der Waals surface area contributed by atoms with Crippen molar-refractivity contribution in [2.24, 2.45) is 5.92 Å². The van der Waals surface area contributed by atoms with Gasteiger partial charge >= 0.3 is 0 Å². The summed E-state index contributed by atoms with van der Waals surface area (Å²) in [5.74, 6) is -0.619. The van der Waals surface area contributed by atoms with Gasteiger partial charge in [0, 0.05) is 0 Å². The van der Waals surface area contributed by atoms with Crippen molar-refractivity contribution in [2.45, 2.75) is 25.5 Å². The minimum absolute atomic E-state index is 0.126. The second kappa shape index (κ2) is 8.60. The number of nitrogens with zero attached hydrogens (tertiary/aromatic N) is 2. The fourth-order valence-electron chi connectivity index (χ4n) is 4.39. The van der Waals surface area contributed by atoms with Crippen molar-refractivity contribution in [1.29, 1.82) is 0 Å². The highest BCUT2D eigenvalue weighted by Crippen LogP contribution is 2.47. The summed E-state index contributed by atoms with van der Waals surface area (Å²) >= 11 is 0. The molecule has 5 rings (SSSR count). The third-order valence-electron chi connectivity index (χ3n) is 5.93. The molecule has 168 valence electrons. The van der Waals surface area contributed by atoms with Gasteiger partial charge in [-0.1, -0.05) is 37.3 Å². The van der Waals surface area contributed by atoms with Crippen molar-refractivity contribution in [1.82, 2.24) is 0 Å². The van der Waals surface area contributed by atoms with E-state index in [9.17, 15) is 14.7 Å². The molecule has 7 heteroatoms. The van der Waals surface area contributed by atoms with Gasteiger partial charge in [0.1, 0.15) is 17.4 Å². The molecule has 3 aromatic carbocycles. The second-order valence-corrected chi connectivity index (χ2v) is 8.10. The maximum atomic E-state index is 13.6. The molecule has 0 bridgehead atoms. The summed E-state index contributed by atoms with van der Waals surface area (Å²) in [5, 5.41) is 11.4. The number of hydrogen-bond acceptors (Lipinski definition) is 6. The molecule has 2 saturated heterocycles. The Morgan fingerprint density at radius 2 is 1.58 bits per heavy atom. The quantitative estimate of drug-likeness (QED) is 0.573. The molecule has 0 spiro atoms. The lowest BCUT2D eigenvalue weighted by atomic mass is 9.90. The molecule has 2 heterocycles. The Morgan fingerprint density at radius 3 is 2.24 bits per heavy atom. The number of hydroxylamine groups is 1. The summed E-state index contributed by atoms with van der Waals surface area (Å²) in [6.45, 7) is 2.63. The van der Waals surface area contributed by atoms with Crippen molar-refractivity contribution in [3.8, 4) is 11.5 Å². The Labute approximate surface area is 191 Å². The fourth-order valence-corrected chi connectivity index (χ4v) is 4.39. The van der Waals surface area contributed by atoms with E-state index in [1.807, 2.05) is 37.3 Å². The Bertz CT molecular complexity index is 1150. The van der Waals surface area contributed by atoms with E-state index in [0.29, 0.717) is 18.0 Å². The highest BCUT2D eigenvalue weighted by atomic mass is 16.7. The lowest BCUT2D eigenvalue weighted by molar-refractivity contribution is -0.126. The molecule has 2 aliphatic rings. The number of aromatic hydroxyl groups is 1. The molecule has 0 unspecified atom stereocenters. The van der Waals surface area contributed by atoms with Crippen molar-refractivity contribution < 1.29 is 24.3 Å². The molecule has 33 heavy (non-hydrogen) atoms. The van der Waals surface area contributed by atoms with Crippen LogP contribution in [0, 0.1) is 5.92 Å². The van der Waals surface area contributed by atoms with Crippen LogP contribution in [0.4, 0.5) is 11.4 Å². The van der Waals surface area contributed by atoms with E-state index in [-0.39, 0.29) is 11.7 Å². The summed E-state index contributed by atoms with van der Waals surface area (Å²) in [6, 6.07) is 22.4. The summed E-state index contributed by atoms with van der Waals surface area (Å²) in [7, 11) is 0. The van der Waals surface area contributed by atoms with E-state index in [0.717, 1.165) is 17.7 Å². The molecule has 0 saturated carbocycles. The average Bonchev–Trinajstić information content (AvgIpc) is 3.35. The lowest BCUT2D eigenvalue weighted by Gasteiger charge is -2.28. The first-order valence-electron chi connectivity index (χ1n) is 11.0. The maximum absolute atomic E-state index is 13.6. The molecule has 7 nitrogen and oxygen atoms in total. The predicted molar refractivity (Wildman–Crippen MR) is 123 cm³/mol. The number of carbonyl (C=O) groups excluding carboxylic acids is 2. The topological polar surface area (TPSA) is 79.3 Å². The van der Waals surface area contributed by atoms with E-state index in [1.54, 1.807) is 53.6 Å². The second-order valence-electron chi connectivity index (χ2n) is 8.10. The summed E-state index contributed by atoms with van der Waals surface area (Å²) in [6.07, 6.45) is -0.0465. The van der Waals surface area contributed by atoms with Gasteiger partial charge in [-0.3, -0.25) is 14.4 Å². The third-order valence-corrected chi connectivity index (χ3v) is 5.93. The van der Waals surface area contributed by atoms with Crippen molar-refractivity contribution >= 4 is 23.2 Å². The van der Waals surface area contributed by atoms with Gasteiger partial charge in [0.2, 0.25) is 5.91 Å². The Hall–Kier alpha value is -3.84. The van der Waals surface area contributed by atoms with E-state index in [1.165, 1.54) is 4.90 Å². The van der Waals surface area contributed by atoms with Crippen LogP contribution in [-0.2, 0) is 14.4 Å². The van der Waals surface area contributed by atoms with Crippen molar-refractivity contribution in [3.05, 3.63) is 84.4 Å². The number of imide groups is 1. The minimum Gasteiger partial charge on any atom is -0.508 e. The monoisotopic (exact) mass is 444 g/mol. The predicted octanol–water partition coefficient (Wildman–Crippen LogP) is 4.23. The molecular formula is C26H24N2O5. The number of amides is 2. The smallest absolute Gasteiger partial charge is 0.266 e. The number of anilines is 2. The largest absolute Gasteiger partial charge is 0.508 e. The Morgan fingerprint density at radius 1 is 0.879 bits per heavy atom. The molecular weight excluding hydrogens is 420 g/mol. The zero-order chi connectivity index (χ0) is 22.9. The van der Waals surface area contributed by atoms with Crippen LogP contribution in [0.15, 0.2) is 78.9 Å². The fraction of sp³-hybridized carbons (Fsp3) is 0.231. The van der Waals surface area contributed by atoms with Gasteiger partial charge in [-0.15, -0.1) is 0 Å². The lowest BCUT2D eigenvalue weighted by Crippen LogP contribution is -2.37. The van der Waals surface area contributed by atoms with Gasteiger partial charge < -0.3 is 9.84 Å². The zero-order valence-corrected chi connectivity index (χ0v) is 18.1. The van der Waals surface area contributed by atoms with Gasteiger partial charge in [-0.2, -0.15) is 0 Å². The van der Waals surface area contributed by atoms with Crippen LogP contribution in [0.25, 0.3) is 0 Å². The van der Waals surface area contributed by atoms with Gasteiger partial charge in [-0.25, -0.2) is 9.96 Å². The minimum atomic E-state index is -0.937. The van der Waals surface area contributed by atoms with Crippen molar-refractivity contribution in [3.63, 3.8) is 0 Å². The number of ether oxygens (including phenoxy) is 1. The number of rotatable bonds is 6. The van der Waals surface area contributed by atoms with E-state index in [4.69, 9.17) is 9.57 Å². The molecule has 1 N–H and O–H groups in total. The highest BCUT2D eigenvalue weighted by Gasteiger charge is 2.60. The van der Waals surface area contributed by atoms with Crippen LogP contribution >= 0.6 is 0 Å². The van der Waals surface area contributed by atoms with Crippen LogP contribution in [0.5, 0.6) is 11.5 Å². The van der Waals surface area contributed by atoms with Gasteiger partial charge in [0.05, 0.1) is 24.0 Å².